The van der Waals surface area contributed by atoms with E-state index in [4.69, 9.17) is 4.42 Å². The van der Waals surface area contributed by atoms with Gasteiger partial charge in [-0.15, -0.1) is 10.2 Å². The molecule has 8 nitrogen and oxygen atoms in total. The van der Waals surface area contributed by atoms with Crippen LogP contribution in [0, 0.1) is 5.82 Å². The van der Waals surface area contributed by atoms with E-state index in [2.05, 4.69) is 20.1 Å². The Morgan fingerprint density at radius 1 is 0.947 bits per heavy atom. The summed E-state index contributed by atoms with van der Waals surface area (Å²) in [4.78, 5) is 20.7. The van der Waals surface area contributed by atoms with Gasteiger partial charge in [0.1, 0.15) is 5.82 Å². The first-order valence-electron chi connectivity index (χ1n) is 13.2. The van der Waals surface area contributed by atoms with Crippen LogP contribution in [-0.4, -0.2) is 48.3 Å². The van der Waals surface area contributed by atoms with Crippen LogP contribution in [0.3, 0.4) is 0 Å². The average Bonchev–Trinajstić information content (AvgIpc) is 3.54. The number of aromatic nitrogens is 5. The maximum absolute atomic E-state index is 14.3. The summed E-state index contributed by atoms with van der Waals surface area (Å²) in [6.07, 6.45) is 6.77. The second kappa shape index (κ2) is 10.4. The van der Waals surface area contributed by atoms with E-state index in [0.717, 1.165) is 31.4 Å². The lowest BCUT2D eigenvalue weighted by Gasteiger charge is -2.39. The van der Waals surface area contributed by atoms with Gasteiger partial charge in [-0.2, -0.15) is 8.78 Å². The minimum Gasteiger partial charge on any atom is -0.415 e. The average molecular weight is 527 g/mol. The van der Waals surface area contributed by atoms with Gasteiger partial charge < -0.3 is 9.32 Å². The summed E-state index contributed by atoms with van der Waals surface area (Å²) in [5.74, 6) is -1.23. The normalized spacial score (nSPS) is 18.1. The van der Waals surface area contributed by atoms with Gasteiger partial charge in [0.2, 0.25) is 5.89 Å². The summed E-state index contributed by atoms with van der Waals surface area (Å²) < 4.78 is 48.2. The topological polar surface area (TPSA) is 82.0 Å². The van der Waals surface area contributed by atoms with Gasteiger partial charge in [-0.25, -0.2) is 9.18 Å². The third kappa shape index (κ3) is 4.75. The van der Waals surface area contributed by atoms with Crippen molar-refractivity contribution in [2.45, 2.75) is 70.0 Å². The van der Waals surface area contributed by atoms with E-state index in [1.165, 1.54) is 50.4 Å². The van der Waals surface area contributed by atoms with Crippen molar-refractivity contribution >= 4 is 11.0 Å². The summed E-state index contributed by atoms with van der Waals surface area (Å²) >= 11 is 0. The van der Waals surface area contributed by atoms with Crippen LogP contribution in [0.4, 0.5) is 13.2 Å². The van der Waals surface area contributed by atoms with Gasteiger partial charge in [0.05, 0.1) is 28.8 Å². The van der Waals surface area contributed by atoms with Gasteiger partial charge >= 0.3 is 12.1 Å². The molecule has 4 aromatic rings. The largest absolute Gasteiger partial charge is 0.415 e. The number of piperidine rings is 1. The van der Waals surface area contributed by atoms with Gasteiger partial charge in [0, 0.05) is 31.4 Å². The van der Waals surface area contributed by atoms with E-state index in [9.17, 15) is 18.0 Å². The number of pyridine rings is 1. The van der Waals surface area contributed by atoms with Gasteiger partial charge in [-0.1, -0.05) is 19.3 Å². The Morgan fingerprint density at radius 3 is 2.42 bits per heavy atom. The molecule has 1 aromatic carbocycles. The molecule has 0 unspecified atom stereocenters. The standard InChI is InChI=1S/C27H29F3N6O2/c28-18-7-9-22-23(14-18)35(16-19-8-6-17(15-31-19)25-32-33-26(38-25)24(29)30)27(37)36(22)21-10-12-34(13-11-21)20-4-2-1-3-5-20/h6-9,14-15,20-21,24H,1-5,10-13,16H2. The molecule has 0 amide bonds. The van der Waals surface area contributed by atoms with Gasteiger partial charge in [0.25, 0.3) is 5.89 Å². The Bertz CT molecular complexity index is 1460. The predicted octanol–water partition coefficient (Wildman–Crippen LogP) is 5.34. The molecule has 1 saturated heterocycles. The van der Waals surface area contributed by atoms with Crippen molar-refractivity contribution in [2.24, 2.45) is 0 Å². The highest BCUT2D eigenvalue weighted by molar-refractivity contribution is 5.76. The highest BCUT2D eigenvalue weighted by Crippen LogP contribution is 2.31. The fraction of sp³-hybridized carbons (Fsp3) is 0.481. The lowest BCUT2D eigenvalue weighted by molar-refractivity contribution is 0.109. The SMILES string of the molecule is O=c1n(Cc2ccc(-c3nnc(C(F)F)o3)cn2)c2cc(F)ccc2n1C1CCN(C2CCCCC2)CC1. The summed E-state index contributed by atoms with van der Waals surface area (Å²) in [5.41, 5.74) is 1.99. The van der Waals surface area contributed by atoms with Crippen molar-refractivity contribution in [1.82, 2.24) is 29.2 Å². The Kier molecular flexibility index (Phi) is 6.77. The number of nitrogens with zero attached hydrogens (tertiary/aromatic N) is 6. The van der Waals surface area contributed by atoms with Crippen LogP contribution in [0.25, 0.3) is 22.5 Å². The molecule has 2 aliphatic rings. The molecule has 1 aliphatic carbocycles. The fourth-order valence-electron chi connectivity index (χ4n) is 5.96. The number of likely N-dealkylation sites (tertiary alicyclic amines) is 1. The van der Waals surface area contributed by atoms with Crippen LogP contribution in [-0.2, 0) is 6.54 Å². The molecular formula is C27H29F3N6O2. The number of alkyl halides is 2. The number of benzene rings is 1. The first-order chi connectivity index (χ1) is 18.5. The first kappa shape index (κ1) is 24.8. The van der Waals surface area contributed by atoms with Crippen molar-refractivity contribution in [3.05, 3.63) is 64.4 Å². The fourth-order valence-corrected chi connectivity index (χ4v) is 5.96. The third-order valence-corrected chi connectivity index (χ3v) is 7.90. The molecule has 0 radical (unpaired) electrons. The summed E-state index contributed by atoms with van der Waals surface area (Å²) in [6.45, 7) is 2.06. The summed E-state index contributed by atoms with van der Waals surface area (Å²) in [5, 5.41) is 6.97. The zero-order chi connectivity index (χ0) is 26.2. The number of hydrogen-bond donors (Lipinski definition) is 0. The summed E-state index contributed by atoms with van der Waals surface area (Å²) in [6, 6.07) is 8.46. The lowest BCUT2D eigenvalue weighted by Crippen LogP contribution is -2.44. The molecule has 0 atom stereocenters. The molecular weight excluding hydrogens is 497 g/mol. The smallest absolute Gasteiger partial charge is 0.329 e. The van der Waals surface area contributed by atoms with Crippen molar-refractivity contribution in [1.29, 1.82) is 0 Å². The Morgan fingerprint density at radius 2 is 1.74 bits per heavy atom. The van der Waals surface area contributed by atoms with E-state index in [1.54, 1.807) is 22.8 Å². The molecule has 2 fully saturated rings. The predicted molar refractivity (Wildman–Crippen MR) is 134 cm³/mol. The van der Waals surface area contributed by atoms with Crippen LogP contribution < -0.4 is 5.69 Å². The molecule has 200 valence electrons. The third-order valence-electron chi connectivity index (χ3n) is 7.90. The molecule has 4 heterocycles. The molecule has 1 aliphatic heterocycles. The summed E-state index contributed by atoms with van der Waals surface area (Å²) in [7, 11) is 0. The number of imidazole rings is 1. The minimum atomic E-state index is -2.85. The van der Waals surface area contributed by atoms with Crippen LogP contribution in [0.15, 0.2) is 45.7 Å². The molecule has 6 rings (SSSR count). The van der Waals surface area contributed by atoms with Crippen LogP contribution >= 0.6 is 0 Å². The van der Waals surface area contributed by atoms with Crippen molar-refractivity contribution < 1.29 is 17.6 Å². The Labute approximate surface area is 217 Å². The number of rotatable bonds is 6. The monoisotopic (exact) mass is 526 g/mol. The van der Waals surface area contributed by atoms with E-state index in [0.29, 0.717) is 22.8 Å². The zero-order valence-electron chi connectivity index (χ0n) is 20.9. The van der Waals surface area contributed by atoms with Gasteiger partial charge in [0.15, 0.2) is 0 Å². The molecule has 0 N–H and O–H groups in total. The van der Waals surface area contributed by atoms with Crippen molar-refractivity contribution in [3.8, 4) is 11.5 Å². The van der Waals surface area contributed by atoms with E-state index < -0.39 is 18.1 Å². The number of fused-ring (bicyclic) bond motifs is 1. The second-order valence-electron chi connectivity index (χ2n) is 10.2. The molecule has 1 saturated carbocycles. The molecule has 3 aromatic heterocycles. The van der Waals surface area contributed by atoms with Crippen LogP contribution in [0.5, 0.6) is 0 Å². The van der Waals surface area contributed by atoms with E-state index >= 15 is 0 Å². The van der Waals surface area contributed by atoms with Crippen molar-refractivity contribution in [3.63, 3.8) is 0 Å². The van der Waals surface area contributed by atoms with Gasteiger partial charge in [-0.05, 0) is 56.0 Å². The highest BCUT2D eigenvalue weighted by Gasteiger charge is 2.29. The molecule has 0 spiro atoms. The minimum absolute atomic E-state index is 0.0495. The van der Waals surface area contributed by atoms with Crippen LogP contribution in [0.1, 0.15) is 69.0 Å². The molecule has 38 heavy (non-hydrogen) atoms. The number of hydrogen-bond acceptors (Lipinski definition) is 6. The van der Waals surface area contributed by atoms with Crippen molar-refractivity contribution in [2.75, 3.05) is 13.1 Å². The maximum atomic E-state index is 14.3. The first-order valence-corrected chi connectivity index (χ1v) is 13.2. The molecule has 11 heteroatoms. The van der Waals surface area contributed by atoms with E-state index in [1.807, 2.05) is 4.57 Å². The number of halogens is 3. The quantitative estimate of drug-likeness (QED) is 0.337. The van der Waals surface area contributed by atoms with E-state index in [-0.39, 0.29) is 24.2 Å². The second-order valence-corrected chi connectivity index (χ2v) is 10.2. The maximum Gasteiger partial charge on any atom is 0.329 e. The highest BCUT2D eigenvalue weighted by atomic mass is 19.3. The Balaban J connectivity index is 1.25. The van der Waals surface area contributed by atoms with Crippen LogP contribution in [0.2, 0.25) is 0 Å². The Hall–Kier alpha value is -3.47. The van der Waals surface area contributed by atoms with Gasteiger partial charge in [-0.3, -0.25) is 14.1 Å². The lowest BCUT2D eigenvalue weighted by atomic mass is 9.92. The molecule has 0 bridgehead atoms. The zero-order valence-corrected chi connectivity index (χ0v) is 20.9.